The number of aryl methyl sites for hydroxylation is 1. The molecule has 0 heterocycles. The van der Waals surface area contributed by atoms with Gasteiger partial charge in [-0.1, -0.05) is 23.7 Å². The summed E-state index contributed by atoms with van der Waals surface area (Å²) in [5, 5.41) is 3.40. The summed E-state index contributed by atoms with van der Waals surface area (Å²) in [7, 11) is 0. The lowest BCUT2D eigenvalue weighted by molar-refractivity contribution is 0.0524. The molecule has 0 saturated heterocycles. The zero-order valence-corrected chi connectivity index (χ0v) is 13.0. The van der Waals surface area contributed by atoms with Crippen LogP contribution < -0.4 is 11.1 Å². The predicted molar refractivity (Wildman–Crippen MR) is 82.0 cm³/mol. The van der Waals surface area contributed by atoms with Crippen molar-refractivity contribution in [3.63, 3.8) is 0 Å². The fraction of sp³-hybridized carbons (Fsp3) is 0.533. The van der Waals surface area contributed by atoms with Crippen LogP contribution in [0, 0.1) is 0 Å². The molecule has 0 spiro atoms. The number of carbonyl (C=O) groups is 1. The second-order valence-electron chi connectivity index (χ2n) is 5.81. The van der Waals surface area contributed by atoms with Gasteiger partial charge in [-0.05, 0) is 51.3 Å². The highest BCUT2D eigenvalue weighted by molar-refractivity contribution is 6.30. The van der Waals surface area contributed by atoms with Gasteiger partial charge in [0, 0.05) is 17.6 Å². The minimum atomic E-state index is -0.491. The molecular weight excluding hydrogens is 276 g/mol. The molecule has 1 rings (SSSR count). The molecule has 0 aliphatic rings. The Hall–Kier alpha value is -1.26. The normalized spacial score (nSPS) is 12.8. The Labute approximate surface area is 125 Å². The Morgan fingerprint density at radius 1 is 1.45 bits per heavy atom. The molecule has 1 aromatic rings. The smallest absolute Gasteiger partial charge is 0.407 e. The molecule has 0 aliphatic heterocycles. The topological polar surface area (TPSA) is 64.3 Å². The molecule has 1 amide bonds. The van der Waals surface area contributed by atoms with Crippen molar-refractivity contribution in [2.45, 2.75) is 45.3 Å². The minimum Gasteiger partial charge on any atom is -0.444 e. The van der Waals surface area contributed by atoms with Gasteiger partial charge in [0.15, 0.2) is 0 Å². The average Bonchev–Trinajstić information content (AvgIpc) is 2.32. The number of halogens is 1. The Balaban J connectivity index is 2.27. The van der Waals surface area contributed by atoms with Crippen LogP contribution in [0.3, 0.4) is 0 Å². The van der Waals surface area contributed by atoms with Crippen LogP contribution in [0.5, 0.6) is 0 Å². The van der Waals surface area contributed by atoms with E-state index in [1.807, 2.05) is 45.0 Å². The number of alkyl carbamates (subject to hydrolysis) is 1. The number of ether oxygens (including phenoxy) is 1. The minimum absolute atomic E-state index is 0.110. The standard InChI is InChI=1S/C15H23ClN2O2/c1-15(2,3)20-14(19)18-10-13(17)8-7-11-5-4-6-12(16)9-11/h4-6,9,13H,7-8,10,17H2,1-3H3,(H,18,19). The molecule has 4 nitrogen and oxygen atoms in total. The van der Waals surface area contributed by atoms with Crippen molar-refractivity contribution in [2.75, 3.05) is 6.54 Å². The van der Waals surface area contributed by atoms with Crippen LogP contribution in [0.4, 0.5) is 4.79 Å². The summed E-state index contributed by atoms with van der Waals surface area (Å²) in [5.74, 6) is 0. The van der Waals surface area contributed by atoms with E-state index >= 15 is 0 Å². The quantitative estimate of drug-likeness (QED) is 0.878. The van der Waals surface area contributed by atoms with E-state index in [1.165, 1.54) is 0 Å². The van der Waals surface area contributed by atoms with Crippen LogP contribution >= 0.6 is 11.6 Å². The first kappa shape index (κ1) is 16.8. The number of benzene rings is 1. The van der Waals surface area contributed by atoms with Gasteiger partial charge in [0.1, 0.15) is 5.60 Å². The average molecular weight is 299 g/mol. The van der Waals surface area contributed by atoms with E-state index in [9.17, 15) is 4.79 Å². The largest absolute Gasteiger partial charge is 0.444 e. The van der Waals surface area contributed by atoms with Gasteiger partial charge in [-0.3, -0.25) is 0 Å². The summed E-state index contributed by atoms with van der Waals surface area (Å²) in [6.07, 6.45) is 1.17. The van der Waals surface area contributed by atoms with E-state index < -0.39 is 11.7 Å². The first-order valence-corrected chi connectivity index (χ1v) is 7.11. The van der Waals surface area contributed by atoms with Gasteiger partial charge in [0.25, 0.3) is 0 Å². The second kappa shape index (κ2) is 7.50. The molecule has 0 radical (unpaired) electrons. The number of nitrogens with two attached hydrogens (primary N) is 1. The number of hydrogen-bond acceptors (Lipinski definition) is 3. The van der Waals surface area contributed by atoms with E-state index in [-0.39, 0.29) is 6.04 Å². The summed E-state index contributed by atoms with van der Waals surface area (Å²) >= 11 is 5.92. The predicted octanol–water partition coefficient (Wildman–Crippen LogP) is 3.12. The van der Waals surface area contributed by atoms with E-state index in [0.29, 0.717) is 6.54 Å². The first-order chi connectivity index (χ1) is 9.26. The molecule has 0 aliphatic carbocycles. The molecule has 0 aromatic heterocycles. The maximum Gasteiger partial charge on any atom is 0.407 e. The van der Waals surface area contributed by atoms with Gasteiger partial charge >= 0.3 is 6.09 Å². The van der Waals surface area contributed by atoms with Gasteiger partial charge in [-0.25, -0.2) is 4.79 Å². The lowest BCUT2D eigenvalue weighted by atomic mass is 10.1. The summed E-state index contributed by atoms with van der Waals surface area (Å²) < 4.78 is 5.14. The summed E-state index contributed by atoms with van der Waals surface area (Å²) in [6.45, 7) is 5.87. The summed E-state index contributed by atoms with van der Waals surface area (Å²) in [5.41, 5.74) is 6.62. The van der Waals surface area contributed by atoms with Crippen LogP contribution in [-0.2, 0) is 11.2 Å². The van der Waals surface area contributed by atoms with Gasteiger partial charge in [0.2, 0.25) is 0 Å². The zero-order chi connectivity index (χ0) is 15.2. The van der Waals surface area contributed by atoms with E-state index in [1.54, 1.807) is 0 Å². The van der Waals surface area contributed by atoms with E-state index in [2.05, 4.69) is 5.32 Å². The van der Waals surface area contributed by atoms with Crippen LogP contribution in [0.25, 0.3) is 0 Å². The Bertz CT molecular complexity index is 444. The maximum absolute atomic E-state index is 11.5. The molecule has 112 valence electrons. The molecule has 1 aromatic carbocycles. The van der Waals surface area contributed by atoms with E-state index in [0.717, 1.165) is 23.4 Å². The zero-order valence-electron chi connectivity index (χ0n) is 12.3. The first-order valence-electron chi connectivity index (χ1n) is 6.73. The Morgan fingerprint density at radius 2 is 2.15 bits per heavy atom. The highest BCUT2D eigenvalue weighted by atomic mass is 35.5. The molecule has 0 bridgehead atoms. The van der Waals surface area contributed by atoms with Gasteiger partial charge < -0.3 is 15.8 Å². The molecular formula is C15H23ClN2O2. The molecule has 5 heteroatoms. The monoisotopic (exact) mass is 298 g/mol. The fourth-order valence-electron chi connectivity index (χ4n) is 1.68. The Kier molecular flexibility index (Phi) is 6.30. The van der Waals surface area contributed by atoms with Crippen LogP contribution in [-0.4, -0.2) is 24.3 Å². The molecule has 0 fully saturated rings. The van der Waals surface area contributed by atoms with Crippen molar-refractivity contribution in [1.29, 1.82) is 0 Å². The molecule has 20 heavy (non-hydrogen) atoms. The number of hydrogen-bond donors (Lipinski definition) is 2. The van der Waals surface area contributed by atoms with Crippen LogP contribution in [0.2, 0.25) is 5.02 Å². The number of amides is 1. The van der Waals surface area contributed by atoms with E-state index in [4.69, 9.17) is 22.1 Å². The highest BCUT2D eigenvalue weighted by Gasteiger charge is 2.16. The number of rotatable bonds is 5. The SMILES string of the molecule is CC(C)(C)OC(=O)NCC(N)CCc1cccc(Cl)c1. The number of nitrogens with one attached hydrogen (secondary N) is 1. The van der Waals surface area contributed by atoms with Gasteiger partial charge in [-0.15, -0.1) is 0 Å². The number of carbonyl (C=O) groups excluding carboxylic acids is 1. The molecule has 1 atom stereocenters. The van der Waals surface area contributed by atoms with Crippen molar-refractivity contribution < 1.29 is 9.53 Å². The fourth-order valence-corrected chi connectivity index (χ4v) is 1.89. The van der Waals surface area contributed by atoms with Crippen LogP contribution in [0.15, 0.2) is 24.3 Å². The third-order valence-corrected chi connectivity index (χ3v) is 2.84. The molecule has 1 unspecified atom stereocenters. The van der Waals surface area contributed by atoms with Crippen molar-refractivity contribution in [2.24, 2.45) is 5.73 Å². The summed E-state index contributed by atoms with van der Waals surface area (Å²) in [4.78, 5) is 11.5. The van der Waals surface area contributed by atoms with Gasteiger partial charge in [0.05, 0.1) is 0 Å². The Morgan fingerprint density at radius 3 is 2.75 bits per heavy atom. The van der Waals surface area contributed by atoms with Gasteiger partial charge in [-0.2, -0.15) is 0 Å². The molecule has 0 saturated carbocycles. The van der Waals surface area contributed by atoms with Crippen molar-refractivity contribution >= 4 is 17.7 Å². The second-order valence-corrected chi connectivity index (χ2v) is 6.25. The third-order valence-electron chi connectivity index (χ3n) is 2.60. The molecule has 3 N–H and O–H groups in total. The van der Waals surface area contributed by atoms with Crippen LogP contribution in [0.1, 0.15) is 32.8 Å². The third kappa shape index (κ3) is 7.36. The van der Waals surface area contributed by atoms with Crippen molar-refractivity contribution in [3.05, 3.63) is 34.9 Å². The summed E-state index contributed by atoms with van der Waals surface area (Å²) in [6, 6.07) is 7.59. The van der Waals surface area contributed by atoms with Crippen molar-refractivity contribution in [3.8, 4) is 0 Å². The van der Waals surface area contributed by atoms with Crippen molar-refractivity contribution in [1.82, 2.24) is 5.32 Å². The lowest BCUT2D eigenvalue weighted by Crippen LogP contribution is -2.40. The lowest BCUT2D eigenvalue weighted by Gasteiger charge is -2.20. The maximum atomic E-state index is 11.5. The highest BCUT2D eigenvalue weighted by Crippen LogP contribution is 2.12.